The zero-order valence-electron chi connectivity index (χ0n) is 12.0. The molecule has 0 saturated heterocycles. The summed E-state index contributed by atoms with van der Waals surface area (Å²) in [5.74, 6) is 0. The van der Waals surface area contributed by atoms with E-state index in [2.05, 4.69) is 10.3 Å². The largest absolute Gasteiger partial charge is 0.433 e. The highest BCUT2D eigenvalue weighted by Crippen LogP contribution is 2.38. The van der Waals surface area contributed by atoms with Crippen LogP contribution in [-0.2, 0) is 6.18 Å². The minimum atomic E-state index is -4.49. The highest BCUT2D eigenvalue weighted by atomic mass is 35.5. The number of benzene rings is 1. The molecule has 1 heterocycles. The Labute approximate surface area is 126 Å². The molecule has 0 spiro atoms. The standard InChI is InChI=1S/C15H16ClF3N2/c1-4-5-20-13-9(3)14(15(17,18)19)21-12-7-11(16)8(2)6-10(12)13/h6-7H,4-5H2,1-3H3,(H,20,21). The van der Waals surface area contributed by atoms with Crippen molar-refractivity contribution in [1.29, 1.82) is 0 Å². The van der Waals surface area contributed by atoms with Crippen LogP contribution in [0.25, 0.3) is 10.9 Å². The molecular formula is C15H16ClF3N2. The van der Waals surface area contributed by atoms with E-state index in [4.69, 9.17) is 11.6 Å². The van der Waals surface area contributed by atoms with Crippen LogP contribution in [0, 0.1) is 13.8 Å². The second-order valence-corrected chi connectivity index (χ2v) is 5.41. The maximum Gasteiger partial charge on any atom is 0.433 e. The summed E-state index contributed by atoms with van der Waals surface area (Å²) in [4.78, 5) is 3.77. The molecule has 0 saturated carbocycles. The van der Waals surface area contributed by atoms with Crippen molar-refractivity contribution in [3.63, 3.8) is 0 Å². The number of hydrogen-bond acceptors (Lipinski definition) is 2. The first-order valence-corrected chi connectivity index (χ1v) is 7.05. The van der Waals surface area contributed by atoms with Gasteiger partial charge in [-0.2, -0.15) is 13.2 Å². The Bertz CT molecular complexity index is 681. The number of rotatable bonds is 3. The third-order valence-electron chi connectivity index (χ3n) is 3.33. The molecule has 21 heavy (non-hydrogen) atoms. The molecule has 0 radical (unpaired) electrons. The van der Waals surface area contributed by atoms with Gasteiger partial charge in [-0.15, -0.1) is 0 Å². The van der Waals surface area contributed by atoms with Gasteiger partial charge >= 0.3 is 6.18 Å². The summed E-state index contributed by atoms with van der Waals surface area (Å²) in [5.41, 5.74) is 0.791. The molecular weight excluding hydrogens is 301 g/mol. The molecule has 1 aromatic heterocycles. The quantitative estimate of drug-likeness (QED) is 0.826. The molecule has 0 amide bonds. The van der Waals surface area contributed by atoms with Gasteiger partial charge in [-0.3, -0.25) is 0 Å². The van der Waals surface area contributed by atoms with Gasteiger partial charge in [-0.25, -0.2) is 4.98 Å². The maximum absolute atomic E-state index is 13.1. The number of nitrogens with zero attached hydrogens (tertiary/aromatic N) is 1. The second kappa shape index (κ2) is 5.72. The van der Waals surface area contributed by atoms with Crippen LogP contribution in [0.2, 0.25) is 5.02 Å². The van der Waals surface area contributed by atoms with Crippen LogP contribution in [0.4, 0.5) is 18.9 Å². The van der Waals surface area contributed by atoms with Crippen LogP contribution in [0.1, 0.15) is 30.2 Å². The van der Waals surface area contributed by atoms with E-state index in [1.165, 1.54) is 13.0 Å². The summed E-state index contributed by atoms with van der Waals surface area (Å²) >= 11 is 6.01. The summed E-state index contributed by atoms with van der Waals surface area (Å²) in [6.45, 7) is 5.81. The average molecular weight is 317 g/mol. The molecule has 0 unspecified atom stereocenters. The zero-order valence-corrected chi connectivity index (χ0v) is 12.8. The van der Waals surface area contributed by atoms with Gasteiger partial charge in [0.2, 0.25) is 0 Å². The predicted molar refractivity (Wildman–Crippen MR) is 80.0 cm³/mol. The van der Waals surface area contributed by atoms with E-state index in [0.29, 0.717) is 22.6 Å². The van der Waals surface area contributed by atoms with Crippen LogP contribution < -0.4 is 5.32 Å². The van der Waals surface area contributed by atoms with E-state index in [1.54, 1.807) is 6.07 Å². The lowest BCUT2D eigenvalue weighted by Crippen LogP contribution is -2.14. The van der Waals surface area contributed by atoms with Crippen molar-refractivity contribution in [3.05, 3.63) is 34.0 Å². The third kappa shape index (κ3) is 3.07. The van der Waals surface area contributed by atoms with Gasteiger partial charge in [0.1, 0.15) is 5.69 Å². The van der Waals surface area contributed by atoms with Crippen LogP contribution >= 0.6 is 11.6 Å². The van der Waals surface area contributed by atoms with E-state index in [0.717, 1.165) is 12.0 Å². The molecule has 2 rings (SSSR count). The lowest BCUT2D eigenvalue weighted by atomic mass is 10.0. The molecule has 0 aliphatic heterocycles. The van der Waals surface area contributed by atoms with E-state index in [1.807, 2.05) is 13.8 Å². The predicted octanol–water partition coefficient (Wildman–Crippen LogP) is 5.35. The number of alkyl halides is 3. The number of aromatic nitrogens is 1. The van der Waals surface area contributed by atoms with Crippen LogP contribution in [0.3, 0.4) is 0 Å². The molecule has 6 heteroatoms. The van der Waals surface area contributed by atoms with Crippen molar-refractivity contribution in [1.82, 2.24) is 4.98 Å². The Balaban J connectivity index is 2.79. The first kappa shape index (κ1) is 15.9. The molecule has 0 fully saturated rings. The van der Waals surface area contributed by atoms with Gasteiger partial charge in [0.05, 0.1) is 5.52 Å². The molecule has 0 aliphatic rings. The topological polar surface area (TPSA) is 24.9 Å². The SMILES string of the molecule is CCCNc1c(C)c(C(F)(F)F)nc2cc(Cl)c(C)cc12. The zero-order chi connectivity index (χ0) is 15.8. The van der Waals surface area contributed by atoms with Gasteiger partial charge < -0.3 is 5.32 Å². The molecule has 1 aromatic carbocycles. The highest BCUT2D eigenvalue weighted by molar-refractivity contribution is 6.32. The average Bonchev–Trinajstić information content (AvgIpc) is 2.38. The lowest BCUT2D eigenvalue weighted by Gasteiger charge is -2.18. The van der Waals surface area contributed by atoms with Crippen LogP contribution in [-0.4, -0.2) is 11.5 Å². The van der Waals surface area contributed by atoms with E-state index < -0.39 is 11.9 Å². The van der Waals surface area contributed by atoms with E-state index in [-0.39, 0.29) is 11.1 Å². The summed E-state index contributed by atoms with van der Waals surface area (Å²) in [5, 5.41) is 4.16. The third-order valence-corrected chi connectivity index (χ3v) is 3.74. The van der Waals surface area contributed by atoms with E-state index in [9.17, 15) is 13.2 Å². The number of fused-ring (bicyclic) bond motifs is 1. The van der Waals surface area contributed by atoms with Crippen molar-refractivity contribution < 1.29 is 13.2 Å². The fourth-order valence-electron chi connectivity index (χ4n) is 2.24. The molecule has 114 valence electrons. The molecule has 0 bridgehead atoms. The van der Waals surface area contributed by atoms with Crippen molar-refractivity contribution in [2.24, 2.45) is 0 Å². The minimum Gasteiger partial charge on any atom is -0.384 e. The van der Waals surface area contributed by atoms with Crippen molar-refractivity contribution in [2.75, 3.05) is 11.9 Å². The Kier molecular flexibility index (Phi) is 4.33. The van der Waals surface area contributed by atoms with Gasteiger partial charge in [0, 0.05) is 28.2 Å². The Morgan fingerprint density at radius 3 is 2.48 bits per heavy atom. The maximum atomic E-state index is 13.1. The molecule has 0 aliphatic carbocycles. The van der Waals surface area contributed by atoms with Crippen molar-refractivity contribution in [3.8, 4) is 0 Å². The molecule has 2 nitrogen and oxygen atoms in total. The fraction of sp³-hybridized carbons (Fsp3) is 0.400. The smallest absolute Gasteiger partial charge is 0.384 e. The monoisotopic (exact) mass is 316 g/mol. The lowest BCUT2D eigenvalue weighted by molar-refractivity contribution is -0.141. The molecule has 0 atom stereocenters. The number of anilines is 1. The van der Waals surface area contributed by atoms with Gasteiger partial charge in [-0.1, -0.05) is 18.5 Å². The van der Waals surface area contributed by atoms with E-state index >= 15 is 0 Å². The first-order chi connectivity index (χ1) is 9.75. The number of nitrogens with one attached hydrogen (secondary N) is 1. The summed E-state index contributed by atoms with van der Waals surface area (Å²) in [6.07, 6.45) is -3.67. The van der Waals surface area contributed by atoms with Gasteiger partial charge in [0.15, 0.2) is 0 Å². The Morgan fingerprint density at radius 1 is 1.24 bits per heavy atom. The fourth-order valence-corrected chi connectivity index (χ4v) is 2.40. The summed E-state index contributed by atoms with van der Waals surface area (Å²) < 4.78 is 39.4. The van der Waals surface area contributed by atoms with Gasteiger partial charge in [0.25, 0.3) is 0 Å². The van der Waals surface area contributed by atoms with Crippen LogP contribution in [0.15, 0.2) is 12.1 Å². The number of pyridine rings is 1. The second-order valence-electron chi connectivity index (χ2n) is 5.00. The number of halogens is 4. The Hall–Kier alpha value is -1.49. The van der Waals surface area contributed by atoms with Crippen LogP contribution in [0.5, 0.6) is 0 Å². The minimum absolute atomic E-state index is 0.116. The Morgan fingerprint density at radius 2 is 1.90 bits per heavy atom. The summed E-state index contributed by atoms with van der Waals surface area (Å²) in [7, 11) is 0. The molecule has 1 N–H and O–H groups in total. The first-order valence-electron chi connectivity index (χ1n) is 6.67. The number of hydrogen-bond donors (Lipinski definition) is 1. The number of aryl methyl sites for hydroxylation is 1. The van der Waals surface area contributed by atoms with Crippen molar-refractivity contribution >= 4 is 28.2 Å². The normalized spacial score (nSPS) is 12.0. The highest BCUT2D eigenvalue weighted by Gasteiger charge is 2.36. The molecule has 2 aromatic rings. The summed E-state index contributed by atoms with van der Waals surface area (Å²) in [6, 6.07) is 3.26. The van der Waals surface area contributed by atoms with Crippen molar-refractivity contribution in [2.45, 2.75) is 33.4 Å². The van der Waals surface area contributed by atoms with Gasteiger partial charge in [-0.05, 0) is 38.0 Å².